The van der Waals surface area contributed by atoms with Crippen LogP contribution in [0.15, 0.2) is 176 Å². The molecule has 3 heteroatoms. The predicted molar refractivity (Wildman–Crippen MR) is 201 cm³/mol. The van der Waals surface area contributed by atoms with Crippen molar-refractivity contribution in [1.29, 1.82) is 0 Å². The zero-order valence-corrected chi connectivity index (χ0v) is 25.8. The molecule has 1 heterocycles. The van der Waals surface area contributed by atoms with Gasteiger partial charge in [-0.15, -0.1) is 0 Å². The van der Waals surface area contributed by atoms with Crippen molar-refractivity contribution in [2.24, 2.45) is 0 Å². The summed E-state index contributed by atoms with van der Waals surface area (Å²) in [5, 5.41) is 9.58. The lowest BCUT2D eigenvalue weighted by Crippen LogP contribution is -1.95. The van der Waals surface area contributed by atoms with Gasteiger partial charge in [-0.2, -0.15) is 0 Å². The number of benzene rings is 7. The summed E-state index contributed by atoms with van der Waals surface area (Å²) in [5.41, 5.74) is 12.4. The van der Waals surface area contributed by atoms with Crippen molar-refractivity contribution in [3.8, 4) is 16.8 Å². The van der Waals surface area contributed by atoms with Crippen LogP contribution in [0.4, 0.5) is 22.7 Å². The van der Waals surface area contributed by atoms with E-state index in [1.165, 1.54) is 27.4 Å². The number of hydrogen-bond donors (Lipinski definition) is 2. The summed E-state index contributed by atoms with van der Waals surface area (Å²) in [6.07, 6.45) is 4.39. The first-order valence-electron chi connectivity index (χ1n) is 15.9. The lowest BCUT2D eigenvalue weighted by Gasteiger charge is -2.14. The van der Waals surface area contributed by atoms with Crippen molar-refractivity contribution < 1.29 is 0 Å². The lowest BCUT2D eigenvalue weighted by atomic mass is 9.97. The van der Waals surface area contributed by atoms with E-state index < -0.39 is 0 Å². The number of fused-ring (bicyclic) bond motifs is 3. The van der Waals surface area contributed by atoms with Crippen LogP contribution in [0.3, 0.4) is 0 Å². The van der Waals surface area contributed by atoms with Crippen LogP contribution in [0.5, 0.6) is 0 Å². The number of hydrogen-bond acceptors (Lipinski definition) is 2. The minimum Gasteiger partial charge on any atom is -0.356 e. The number of nitrogens with one attached hydrogen (secondary N) is 2. The van der Waals surface area contributed by atoms with E-state index >= 15 is 0 Å². The summed E-state index contributed by atoms with van der Waals surface area (Å²) >= 11 is 0. The molecule has 7 aromatic carbocycles. The molecule has 0 aliphatic heterocycles. The first-order chi connectivity index (χ1) is 23.3. The van der Waals surface area contributed by atoms with E-state index in [0.717, 1.165) is 45.1 Å². The van der Waals surface area contributed by atoms with Crippen LogP contribution in [0.2, 0.25) is 0 Å². The maximum absolute atomic E-state index is 3.58. The van der Waals surface area contributed by atoms with E-state index in [4.69, 9.17) is 0 Å². The molecule has 224 valence electrons. The van der Waals surface area contributed by atoms with Gasteiger partial charge in [0.05, 0.1) is 11.0 Å². The highest BCUT2D eigenvalue weighted by atomic mass is 15.0. The SMILES string of the molecule is C(=C\c1ccc(Nc2ccccc2)cc1-c1ccc(-n2c3ccccc3c3ccccc32)cc1)/c1ccc(Nc2ccccc2)cc1. The number of rotatable bonds is 8. The zero-order chi connectivity index (χ0) is 31.4. The molecule has 0 amide bonds. The summed E-state index contributed by atoms with van der Waals surface area (Å²) in [6, 6.07) is 61.9. The van der Waals surface area contributed by atoms with E-state index in [1.54, 1.807) is 0 Å². The van der Waals surface area contributed by atoms with E-state index in [-0.39, 0.29) is 0 Å². The second-order valence-electron chi connectivity index (χ2n) is 11.7. The van der Waals surface area contributed by atoms with Gasteiger partial charge in [0.15, 0.2) is 0 Å². The quantitative estimate of drug-likeness (QED) is 0.169. The molecule has 0 aliphatic carbocycles. The molecule has 0 saturated heterocycles. The minimum atomic E-state index is 1.05. The third-order valence-corrected chi connectivity index (χ3v) is 8.56. The summed E-state index contributed by atoms with van der Waals surface area (Å²) in [4.78, 5) is 0. The fourth-order valence-electron chi connectivity index (χ4n) is 6.26. The largest absolute Gasteiger partial charge is 0.356 e. The summed E-state index contributed by atoms with van der Waals surface area (Å²) in [5.74, 6) is 0. The second-order valence-corrected chi connectivity index (χ2v) is 11.7. The Morgan fingerprint density at radius 1 is 0.404 bits per heavy atom. The van der Waals surface area contributed by atoms with E-state index in [2.05, 4.69) is 167 Å². The third-order valence-electron chi connectivity index (χ3n) is 8.56. The first kappa shape index (κ1) is 28.2. The average molecular weight is 604 g/mol. The highest BCUT2D eigenvalue weighted by Gasteiger charge is 2.12. The molecule has 1 aromatic heterocycles. The lowest BCUT2D eigenvalue weighted by molar-refractivity contribution is 1.18. The summed E-state index contributed by atoms with van der Waals surface area (Å²) in [6.45, 7) is 0. The number of nitrogens with zero attached hydrogens (tertiary/aromatic N) is 1. The second kappa shape index (κ2) is 12.6. The van der Waals surface area contributed by atoms with Crippen LogP contribution in [-0.4, -0.2) is 4.57 Å². The Morgan fingerprint density at radius 3 is 1.53 bits per heavy atom. The Balaban J connectivity index is 1.14. The van der Waals surface area contributed by atoms with Gasteiger partial charge >= 0.3 is 0 Å². The van der Waals surface area contributed by atoms with Crippen LogP contribution >= 0.6 is 0 Å². The summed E-state index contributed by atoms with van der Waals surface area (Å²) in [7, 11) is 0. The molecular formula is C44H33N3. The Bertz CT molecular complexity index is 2260. The highest BCUT2D eigenvalue weighted by molar-refractivity contribution is 6.09. The number of para-hydroxylation sites is 4. The van der Waals surface area contributed by atoms with Crippen molar-refractivity contribution in [3.05, 3.63) is 187 Å². The van der Waals surface area contributed by atoms with Crippen LogP contribution in [-0.2, 0) is 0 Å². The maximum Gasteiger partial charge on any atom is 0.0541 e. The van der Waals surface area contributed by atoms with Gasteiger partial charge in [0.25, 0.3) is 0 Å². The molecule has 0 unspecified atom stereocenters. The Labute approximate surface area is 275 Å². The van der Waals surface area contributed by atoms with E-state index in [0.29, 0.717) is 0 Å². The molecule has 2 N–H and O–H groups in total. The molecular weight excluding hydrogens is 571 g/mol. The molecule has 0 fully saturated rings. The smallest absolute Gasteiger partial charge is 0.0541 e. The molecule has 0 radical (unpaired) electrons. The van der Waals surface area contributed by atoms with E-state index in [1.807, 2.05) is 36.4 Å². The topological polar surface area (TPSA) is 29.0 Å². The van der Waals surface area contributed by atoms with Gasteiger partial charge in [0.2, 0.25) is 0 Å². The highest BCUT2D eigenvalue weighted by Crippen LogP contribution is 2.34. The number of anilines is 4. The van der Waals surface area contributed by atoms with Crippen molar-refractivity contribution in [3.63, 3.8) is 0 Å². The first-order valence-corrected chi connectivity index (χ1v) is 15.9. The summed E-state index contributed by atoms with van der Waals surface area (Å²) < 4.78 is 2.36. The molecule has 0 spiro atoms. The van der Waals surface area contributed by atoms with Gasteiger partial charge in [-0.3, -0.25) is 0 Å². The fraction of sp³-hybridized carbons (Fsp3) is 0. The van der Waals surface area contributed by atoms with Gasteiger partial charge in [-0.1, -0.05) is 115 Å². The van der Waals surface area contributed by atoms with Crippen molar-refractivity contribution in [2.75, 3.05) is 10.6 Å². The third kappa shape index (κ3) is 5.90. The molecule has 8 aromatic rings. The molecule has 47 heavy (non-hydrogen) atoms. The minimum absolute atomic E-state index is 1.05. The Hall–Kier alpha value is -6.32. The van der Waals surface area contributed by atoms with Gasteiger partial charge in [0.1, 0.15) is 0 Å². The van der Waals surface area contributed by atoms with Crippen molar-refractivity contribution in [2.45, 2.75) is 0 Å². The van der Waals surface area contributed by atoms with Crippen LogP contribution in [0.25, 0.3) is 50.8 Å². The van der Waals surface area contributed by atoms with Gasteiger partial charge in [-0.25, -0.2) is 0 Å². The van der Waals surface area contributed by atoms with E-state index in [9.17, 15) is 0 Å². The van der Waals surface area contributed by atoms with Gasteiger partial charge in [-0.05, 0) is 95.1 Å². The normalized spacial score (nSPS) is 11.3. The predicted octanol–water partition coefficient (Wildman–Crippen LogP) is 12.1. The maximum atomic E-state index is 3.58. The standard InChI is InChI=1S/C44H33N3/c1-3-11-35(12-4-1)45-37-26-20-32(21-27-37)19-22-33-23-28-38(46-36-13-5-2-6-14-36)31-42(33)34-24-29-39(30-25-34)47-43-17-9-7-15-40(43)41-16-8-10-18-44(41)47/h1-31,45-46H/b22-19+. The molecule has 0 aliphatic rings. The van der Waals surface area contributed by atoms with Crippen molar-refractivity contribution >= 4 is 56.7 Å². The Morgan fingerprint density at radius 2 is 0.915 bits per heavy atom. The molecule has 0 atom stereocenters. The van der Waals surface area contributed by atoms with Gasteiger partial charge in [0, 0.05) is 39.2 Å². The zero-order valence-electron chi connectivity index (χ0n) is 25.8. The fourth-order valence-corrected chi connectivity index (χ4v) is 6.26. The van der Waals surface area contributed by atoms with Crippen LogP contribution in [0, 0.1) is 0 Å². The van der Waals surface area contributed by atoms with Crippen LogP contribution < -0.4 is 10.6 Å². The number of aromatic nitrogens is 1. The molecule has 0 bridgehead atoms. The van der Waals surface area contributed by atoms with Gasteiger partial charge < -0.3 is 15.2 Å². The molecule has 8 rings (SSSR count). The Kier molecular flexibility index (Phi) is 7.54. The van der Waals surface area contributed by atoms with Crippen molar-refractivity contribution in [1.82, 2.24) is 4.57 Å². The molecule has 3 nitrogen and oxygen atoms in total. The average Bonchev–Trinajstić information content (AvgIpc) is 3.47. The van der Waals surface area contributed by atoms with Crippen LogP contribution in [0.1, 0.15) is 11.1 Å². The monoisotopic (exact) mass is 603 g/mol. The molecule has 0 saturated carbocycles.